The topological polar surface area (TPSA) is 119 Å². The lowest BCUT2D eigenvalue weighted by atomic mass is 10.1. The van der Waals surface area contributed by atoms with Crippen molar-refractivity contribution < 1.29 is 18.8 Å². The second-order valence-corrected chi connectivity index (χ2v) is 5.73. The minimum Gasteiger partial charge on any atom is -0.446 e. The predicted molar refractivity (Wildman–Crippen MR) is 87.4 cm³/mol. The Morgan fingerprint density at radius 1 is 1.28 bits per heavy atom. The Morgan fingerprint density at radius 2 is 2.04 bits per heavy atom. The zero-order chi connectivity index (χ0) is 17.8. The molecule has 1 aromatic heterocycles. The predicted octanol–water partition coefficient (Wildman–Crippen LogP) is 0.694. The molecule has 3 rings (SSSR count). The van der Waals surface area contributed by atoms with Gasteiger partial charge < -0.3 is 20.4 Å². The van der Waals surface area contributed by atoms with Crippen LogP contribution in [0.15, 0.2) is 41.0 Å². The lowest BCUT2D eigenvalue weighted by Gasteiger charge is -2.23. The molecule has 8 nitrogen and oxygen atoms in total. The van der Waals surface area contributed by atoms with Crippen molar-refractivity contribution >= 4 is 17.7 Å². The maximum Gasteiger partial charge on any atom is 0.270 e. The molecule has 2 heterocycles. The highest BCUT2D eigenvalue weighted by atomic mass is 16.3. The third-order valence-corrected chi connectivity index (χ3v) is 4.06. The van der Waals surface area contributed by atoms with Crippen LogP contribution < -0.4 is 11.1 Å². The number of carbonyl (C=O) groups excluding carboxylic acids is 3. The first-order valence-electron chi connectivity index (χ1n) is 7.94. The monoisotopic (exact) mass is 342 g/mol. The quantitative estimate of drug-likeness (QED) is 0.829. The van der Waals surface area contributed by atoms with Gasteiger partial charge in [0.2, 0.25) is 11.8 Å². The lowest BCUT2D eigenvalue weighted by molar-refractivity contribution is -0.125. The summed E-state index contributed by atoms with van der Waals surface area (Å²) in [5, 5.41) is 2.69. The highest BCUT2D eigenvalue weighted by Gasteiger charge is 2.34. The summed E-state index contributed by atoms with van der Waals surface area (Å²) in [6.45, 7) is 0.562. The molecule has 3 amide bonds. The molecule has 0 bridgehead atoms. The minimum atomic E-state index is -0.697. The van der Waals surface area contributed by atoms with Crippen molar-refractivity contribution in [3.8, 4) is 0 Å². The van der Waals surface area contributed by atoms with Gasteiger partial charge in [-0.3, -0.25) is 14.4 Å². The van der Waals surface area contributed by atoms with Gasteiger partial charge in [-0.1, -0.05) is 18.2 Å². The van der Waals surface area contributed by atoms with E-state index in [4.69, 9.17) is 10.2 Å². The van der Waals surface area contributed by atoms with Crippen LogP contribution in [0.25, 0.3) is 0 Å². The summed E-state index contributed by atoms with van der Waals surface area (Å²) in [5.41, 5.74) is 5.66. The smallest absolute Gasteiger partial charge is 0.270 e. The zero-order valence-electron chi connectivity index (χ0n) is 13.5. The maximum atomic E-state index is 12.6. The second-order valence-electron chi connectivity index (χ2n) is 5.73. The molecule has 1 atom stereocenters. The van der Waals surface area contributed by atoms with Gasteiger partial charge in [0.05, 0.1) is 6.54 Å². The van der Waals surface area contributed by atoms with Gasteiger partial charge in [0.1, 0.15) is 12.3 Å². The van der Waals surface area contributed by atoms with Gasteiger partial charge in [-0.15, -0.1) is 0 Å². The molecule has 1 aliphatic rings. The average Bonchev–Trinajstić information content (AvgIpc) is 3.29. The van der Waals surface area contributed by atoms with Crippen molar-refractivity contribution in [3.05, 3.63) is 53.7 Å². The number of aromatic nitrogens is 1. The number of benzene rings is 1. The summed E-state index contributed by atoms with van der Waals surface area (Å²) in [6.07, 6.45) is 2.51. The number of rotatable bonds is 5. The summed E-state index contributed by atoms with van der Waals surface area (Å²) in [7, 11) is 0. The summed E-state index contributed by atoms with van der Waals surface area (Å²) >= 11 is 0. The van der Waals surface area contributed by atoms with E-state index in [0.717, 1.165) is 12.7 Å². The molecule has 0 aliphatic carbocycles. The zero-order valence-corrected chi connectivity index (χ0v) is 13.5. The Balaban J connectivity index is 1.62. The molecular weight excluding hydrogens is 324 g/mol. The fourth-order valence-corrected chi connectivity index (χ4v) is 2.81. The van der Waals surface area contributed by atoms with Gasteiger partial charge in [0.25, 0.3) is 11.8 Å². The summed E-state index contributed by atoms with van der Waals surface area (Å²) < 4.78 is 5.08. The first-order chi connectivity index (χ1) is 12.1. The van der Waals surface area contributed by atoms with Gasteiger partial charge >= 0.3 is 0 Å². The molecule has 0 spiro atoms. The van der Waals surface area contributed by atoms with Gasteiger partial charge in [-0.05, 0) is 25.0 Å². The number of nitrogens with two attached hydrogens (primary N) is 1. The van der Waals surface area contributed by atoms with Gasteiger partial charge in [0.15, 0.2) is 5.69 Å². The van der Waals surface area contributed by atoms with Crippen molar-refractivity contribution in [1.29, 1.82) is 0 Å². The van der Waals surface area contributed by atoms with Crippen molar-refractivity contribution in [1.82, 2.24) is 15.2 Å². The van der Waals surface area contributed by atoms with Crippen molar-refractivity contribution in [2.75, 3.05) is 6.54 Å². The number of oxazole rings is 1. The molecular formula is C17H18N4O4. The van der Waals surface area contributed by atoms with Crippen molar-refractivity contribution in [3.63, 3.8) is 0 Å². The fraction of sp³-hybridized carbons (Fsp3) is 0.294. The van der Waals surface area contributed by atoms with Crippen LogP contribution in [-0.4, -0.2) is 40.2 Å². The summed E-state index contributed by atoms with van der Waals surface area (Å²) in [5.74, 6) is -0.955. The molecule has 0 saturated carbocycles. The largest absolute Gasteiger partial charge is 0.446 e. The maximum absolute atomic E-state index is 12.6. The van der Waals surface area contributed by atoms with Crippen LogP contribution in [0.4, 0.5) is 0 Å². The van der Waals surface area contributed by atoms with Crippen molar-refractivity contribution in [2.24, 2.45) is 5.73 Å². The first kappa shape index (κ1) is 16.7. The third-order valence-electron chi connectivity index (χ3n) is 4.06. The van der Waals surface area contributed by atoms with Crippen LogP contribution in [0.1, 0.15) is 39.6 Å². The Kier molecular flexibility index (Phi) is 4.78. The molecule has 3 N–H and O–H groups in total. The molecule has 130 valence electrons. The van der Waals surface area contributed by atoms with Gasteiger partial charge in [-0.25, -0.2) is 4.98 Å². The van der Waals surface area contributed by atoms with E-state index in [1.165, 1.54) is 0 Å². The van der Waals surface area contributed by atoms with E-state index in [2.05, 4.69) is 10.3 Å². The van der Waals surface area contributed by atoms with Gasteiger partial charge in [-0.2, -0.15) is 0 Å². The van der Waals surface area contributed by atoms with E-state index >= 15 is 0 Å². The number of amides is 3. The molecule has 0 unspecified atom stereocenters. The standard InChI is InChI=1S/C17H18N4O4/c18-15(22)12-10-25-14(20-12)9-19-16(23)13-7-4-8-21(13)17(24)11-5-2-1-3-6-11/h1-3,5-6,10,13H,4,7-9H2,(H2,18,22)(H,19,23)/t13-/m1/s1. The fourth-order valence-electron chi connectivity index (χ4n) is 2.81. The number of primary amides is 1. The van der Waals surface area contributed by atoms with E-state index < -0.39 is 11.9 Å². The van der Waals surface area contributed by atoms with E-state index in [-0.39, 0.29) is 29.9 Å². The van der Waals surface area contributed by atoms with E-state index in [0.29, 0.717) is 18.5 Å². The first-order valence-corrected chi connectivity index (χ1v) is 7.94. The SMILES string of the molecule is NC(=O)c1coc(CNC(=O)[C@H]2CCCN2C(=O)c2ccccc2)n1. The number of hydrogen-bond donors (Lipinski definition) is 2. The normalized spacial score (nSPS) is 16.6. The van der Waals surface area contributed by atoms with Crippen LogP contribution in [-0.2, 0) is 11.3 Å². The summed E-state index contributed by atoms with van der Waals surface area (Å²) in [6, 6.07) is 8.34. The van der Waals surface area contributed by atoms with Gasteiger partial charge in [0, 0.05) is 12.1 Å². The molecule has 8 heteroatoms. The highest BCUT2D eigenvalue weighted by Crippen LogP contribution is 2.20. The molecule has 2 aromatic rings. The molecule has 1 fully saturated rings. The number of nitrogens with zero attached hydrogens (tertiary/aromatic N) is 2. The third kappa shape index (κ3) is 3.68. The highest BCUT2D eigenvalue weighted by molar-refractivity contribution is 5.97. The van der Waals surface area contributed by atoms with Crippen LogP contribution in [0.2, 0.25) is 0 Å². The number of hydrogen-bond acceptors (Lipinski definition) is 5. The van der Waals surface area contributed by atoms with Crippen LogP contribution >= 0.6 is 0 Å². The number of nitrogens with one attached hydrogen (secondary N) is 1. The minimum absolute atomic E-state index is 0.00555. The molecule has 1 saturated heterocycles. The molecule has 0 radical (unpaired) electrons. The Morgan fingerprint density at radius 3 is 2.72 bits per heavy atom. The number of carbonyl (C=O) groups is 3. The average molecular weight is 342 g/mol. The van der Waals surface area contributed by atoms with Crippen LogP contribution in [0.3, 0.4) is 0 Å². The van der Waals surface area contributed by atoms with Crippen LogP contribution in [0.5, 0.6) is 0 Å². The molecule has 25 heavy (non-hydrogen) atoms. The van der Waals surface area contributed by atoms with E-state index in [1.807, 2.05) is 6.07 Å². The molecule has 1 aliphatic heterocycles. The molecule has 1 aromatic carbocycles. The summed E-state index contributed by atoms with van der Waals surface area (Å²) in [4.78, 5) is 41.5. The Labute approximate surface area is 144 Å². The van der Waals surface area contributed by atoms with E-state index in [9.17, 15) is 14.4 Å². The Hall–Kier alpha value is -3.16. The lowest BCUT2D eigenvalue weighted by Crippen LogP contribution is -2.45. The van der Waals surface area contributed by atoms with Crippen molar-refractivity contribution in [2.45, 2.75) is 25.4 Å². The number of likely N-dealkylation sites (tertiary alicyclic amines) is 1. The van der Waals surface area contributed by atoms with Crippen LogP contribution in [0, 0.1) is 0 Å². The van der Waals surface area contributed by atoms with E-state index in [1.54, 1.807) is 29.2 Å². The second kappa shape index (κ2) is 7.16. The Bertz CT molecular complexity index is 787.